The van der Waals surface area contributed by atoms with Gasteiger partial charge in [-0.3, -0.25) is 9.59 Å². The number of rotatable bonds is 3. The molecule has 0 radical (unpaired) electrons. The Morgan fingerprint density at radius 1 is 1.21 bits per heavy atom. The van der Waals surface area contributed by atoms with Gasteiger partial charge in [0.1, 0.15) is 0 Å². The monoisotopic (exact) mass is 327 g/mol. The lowest BCUT2D eigenvalue weighted by Crippen LogP contribution is -2.48. The molecule has 126 valence electrons. The van der Waals surface area contributed by atoms with Gasteiger partial charge in [0.2, 0.25) is 5.91 Å². The van der Waals surface area contributed by atoms with Crippen LogP contribution in [0.4, 0.5) is 0 Å². The normalized spacial score (nSPS) is 20.8. The first-order valence-electron chi connectivity index (χ1n) is 8.07. The Morgan fingerprint density at radius 3 is 2.58 bits per heavy atom. The molecule has 0 saturated carbocycles. The first-order valence-corrected chi connectivity index (χ1v) is 8.07. The van der Waals surface area contributed by atoms with Crippen LogP contribution < -0.4 is 5.73 Å². The van der Waals surface area contributed by atoms with Gasteiger partial charge in [-0.1, -0.05) is 23.4 Å². The van der Waals surface area contributed by atoms with Crippen molar-refractivity contribution < 1.29 is 9.59 Å². The molecule has 7 nitrogen and oxygen atoms in total. The van der Waals surface area contributed by atoms with Crippen LogP contribution in [0.2, 0.25) is 0 Å². The van der Waals surface area contributed by atoms with Crippen LogP contribution >= 0.6 is 0 Å². The minimum atomic E-state index is -0.357. The number of carbonyl (C=O) groups is 2. The van der Waals surface area contributed by atoms with Crippen LogP contribution in [0.1, 0.15) is 35.9 Å². The first-order chi connectivity index (χ1) is 11.5. The number of primary amides is 1. The number of nitrogens with zero attached hydrogens (tertiary/aromatic N) is 4. The second kappa shape index (κ2) is 6.43. The molecule has 0 aliphatic carbocycles. The molecule has 1 saturated heterocycles. The Bertz CT molecular complexity index is 756. The predicted molar refractivity (Wildman–Crippen MR) is 88.5 cm³/mol. The number of hydrogen-bond acceptors (Lipinski definition) is 4. The number of para-hydroxylation sites is 1. The van der Waals surface area contributed by atoms with E-state index in [-0.39, 0.29) is 23.8 Å². The van der Waals surface area contributed by atoms with Crippen molar-refractivity contribution in [2.45, 2.75) is 32.7 Å². The van der Waals surface area contributed by atoms with E-state index in [4.69, 9.17) is 5.73 Å². The van der Waals surface area contributed by atoms with Crippen molar-refractivity contribution in [3.63, 3.8) is 0 Å². The number of likely N-dealkylation sites (tertiary alicyclic amines) is 1. The summed E-state index contributed by atoms with van der Waals surface area (Å²) in [6.45, 7) is 4.14. The van der Waals surface area contributed by atoms with Crippen LogP contribution in [0.3, 0.4) is 0 Å². The summed E-state index contributed by atoms with van der Waals surface area (Å²) in [7, 11) is 0. The third-order valence-corrected chi connectivity index (χ3v) is 4.64. The van der Waals surface area contributed by atoms with Crippen molar-refractivity contribution in [1.82, 2.24) is 19.9 Å². The molecule has 0 unspecified atom stereocenters. The Hall–Kier alpha value is -2.70. The second-order valence-electron chi connectivity index (χ2n) is 6.25. The minimum absolute atomic E-state index is 0.0503. The highest BCUT2D eigenvalue weighted by Crippen LogP contribution is 2.24. The van der Waals surface area contributed by atoms with Gasteiger partial charge in [-0.25, -0.2) is 4.68 Å². The Balaban J connectivity index is 1.87. The lowest BCUT2D eigenvalue weighted by molar-refractivity contribution is -0.123. The predicted octanol–water partition coefficient (Wildman–Crippen LogP) is 1.30. The van der Waals surface area contributed by atoms with E-state index in [0.29, 0.717) is 17.9 Å². The Kier molecular flexibility index (Phi) is 4.33. The van der Waals surface area contributed by atoms with Gasteiger partial charge in [-0.2, -0.15) is 0 Å². The van der Waals surface area contributed by atoms with E-state index in [2.05, 4.69) is 10.3 Å². The summed E-state index contributed by atoms with van der Waals surface area (Å²) in [5.74, 6) is -0.855. The standard InChI is InChI=1S/C17H21N5O2/c1-11-8-9-13(16(18)23)10-21(11)17(24)15-12(2)22(20-19-15)14-6-4-3-5-7-14/h3-7,11,13H,8-10H2,1-2H3,(H2,18,23)/t11-,13+/m1/s1. The molecule has 1 fully saturated rings. The number of hydrogen-bond donors (Lipinski definition) is 1. The molecule has 7 heteroatoms. The zero-order valence-corrected chi connectivity index (χ0v) is 13.8. The highest BCUT2D eigenvalue weighted by molar-refractivity contribution is 5.94. The van der Waals surface area contributed by atoms with Crippen LogP contribution in [0.15, 0.2) is 30.3 Å². The van der Waals surface area contributed by atoms with E-state index in [9.17, 15) is 9.59 Å². The first kappa shape index (κ1) is 16.2. The van der Waals surface area contributed by atoms with Gasteiger partial charge in [-0.15, -0.1) is 5.10 Å². The third-order valence-electron chi connectivity index (χ3n) is 4.64. The number of carbonyl (C=O) groups excluding carboxylic acids is 2. The van der Waals surface area contributed by atoms with Gasteiger partial charge in [0.15, 0.2) is 5.69 Å². The molecule has 1 aromatic carbocycles. The van der Waals surface area contributed by atoms with Gasteiger partial charge in [0.05, 0.1) is 17.3 Å². The number of nitrogens with two attached hydrogens (primary N) is 1. The summed E-state index contributed by atoms with van der Waals surface area (Å²) < 4.78 is 1.65. The summed E-state index contributed by atoms with van der Waals surface area (Å²) in [6.07, 6.45) is 1.47. The van der Waals surface area contributed by atoms with Crippen molar-refractivity contribution in [1.29, 1.82) is 0 Å². The number of benzene rings is 1. The molecule has 1 aliphatic heterocycles. The number of aromatic nitrogens is 3. The van der Waals surface area contributed by atoms with Crippen LogP contribution in [-0.2, 0) is 4.79 Å². The molecule has 0 bridgehead atoms. The largest absolute Gasteiger partial charge is 0.369 e. The van der Waals surface area contributed by atoms with E-state index in [1.54, 1.807) is 9.58 Å². The van der Waals surface area contributed by atoms with Gasteiger partial charge in [-0.05, 0) is 38.8 Å². The summed E-state index contributed by atoms with van der Waals surface area (Å²) in [5.41, 5.74) is 7.26. The molecular formula is C17H21N5O2. The van der Waals surface area contributed by atoms with Crippen molar-refractivity contribution in [2.24, 2.45) is 11.7 Å². The molecule has 2 N–H and O–H groups in total. The summed E-state index contributed by atoms with van der Waals surface area (Å²) >= 11 is 0. The Morgan fingerprint density at radius 2 is 1.92 bits per heavy atom. The van der Waals surface area contributed by atoms with Gasteiger partial charge >= 0.3 is 0 Å². The summed E-state index contributed by atoms with van der Waals surface area (Å²) in [5, 5.41) is 8.19. The van der Waals surface area contributed by atoms with Gasteiger partial charge in [0, 0.05) is 12.6 Å². The van der Waals surface area contributed by atoms with Crippen LogP contribution in [-0.4, -0.2) is 44.3 Å². The smallest absolute Gasteiger partial charge is 0.276 e. The van der Waals surface area contributed by atoms with E-state index in [1.165, 1.54) is 0 Å². The number of piperidine rings is 1. The van der Waals surface area contributed by atoms with Gasteiger partial charge < -0.3 is 10.6 Å². The maximum atomic E-state index is 12.9. The fourth-order valence-corrected chi connectivity index (χ4v) is 3.10. The zero-order chi connectivity index (χ0) is 17.3. The van der Waals surface area contributed by atoms with Crippen molar-refractivity contribution in [3.05, 3.63) is 41.7 Å². The molecule has 2 aromatic rings. The number of amides is 2. The molecule has 1 aromatic heterocycles. The highest BCUT2D eigenvalue weighted by atomic mass is 16.2. The van der Waals surface area contributed by atoms with Gasteiger partial charge in [0.25, 0.3) is 5.91 Å². The van der Waals surface area contributed by atoms with Crippen LogP contribution in [0.25, 0.3) is 5.69 Å². The lowest BCUT2D eigenvalue weighted by atomic mass is 9.92. The topological polar surface area (TPSA) is 94.1 Å². The molecule has 3 rings (SSSR count). The summed E-state index contributed by atoms with van der Waals surface area (Å²) in [6, 6.07) is 9.59. The molecule has 1 aliphatic rings. The van der Waals surface area contributed by atoms with E-state index >= 15 is 0 Å². The summed E-state index contributed by atoms with van der Waals surface area (Å²) in [4.78, 5) is 26.1. The SMILES string of the molecule is Cc1c(C(=O)N2C[C@@H](C(N)=O)CC[C@H]2C)nnn1-c1ccccc1. The minimum Gasteiger partial charge on any atom is -0.369 e. The maximum Gasteiger partial charge on any atom is 0.276 e. The molecule has 2 heterocycles. The quantitative estimate of drug-likeness (QED) is 0.919. The van der Waals surface area contributed by atoms with E-state index in [1.807, 2.05) is 44.2 Å². The Labute approximate surface area is 140 Å². The zero-order valence-electron chi connectivity index (χ0n) is 13.8. The fraction of sp³-hybridized carbons (Fsp3) is 0.412. The van der Waals surface area contributed by atoms with Crippen LogP contribution in [0.5, 0.6) is 0 Å². The fourth-order valence-electron chi connectivity index (χ4n) is 3.10. The van der Waals surface area contributed by atoms with E-state index < -0.39 is 0 Å². The molecule has 24 heavy (non-hydrogen) atoms. The maximum absolute atomic E-state index is 12.9. The third kappa shape index (κ3) is 2.89. The van der Waals surface area contributed by atoms with Crippen molar-refractivity contribution in [2.75, 3.05) is 6.54 Å². The molecule has 0 spiro atoms. The molecular weight excluding hydrogens is 306 g/mol. The average Bonchev–Trinajstić information content (AvgIpc) is 2.97. The average molecular weight is 327 g/mol. The van der Waals surface area contributed by atoms with E-state index in [0.717, 1.165) is 18.5 Å². The second-order valence-corrected chi connectivity index (χ2v) is 6.25. The van der Waals surface area contributed by atoms with Crippen LogP contribution in [0, 0.1) is 12.8 Å². The highest BCUT2D eigenvalue weighted by Gasteiger charge is 2.34. The lowest BCUT2D eigenvalue weighted by Gasteiger charge is -2.36. The molecule has 2 atom stereocenters. The molecule has 2 amide bonds. The van der Waals surface area contributed by atoms with Crippen molar-refractivity contribution >= 4 is 11.8 Å². The van der Waals surface area contributed by atoms with Crippen molar-refractivity contribution in [3.8, 4) is 5.69 Å².